The smallest absolute Gasteiger partial charge is 0.227 e. The van der Waals surface area contributed by atoms with Gasteiger partial charge in [-0.2, -0.15) is 0 Å². The van der Waals surface area contributed by atoms with E-state index in [0.29, 0.717) is 15.8 Å². The van der Waals surface area contributed by atoms with Crippen LogP contribution >= 0.6 is 23.2 Å². The van der Waals surface area contributed by atoms with Gasteiger partial charge in [-0.15, -0.1) is 0 Å². The van der Waals surface area contributed by atoms with Crippen molar-refractivity contribution in [3.63, 3.8) is 0 Å². The maximum Gasteiger partial charge on any atom is 0.227 e. The summed E-state index contributed by atoms with van der Waals surface area (Å²) in [6.45, 7) is 2.15. The Morgan fingerprint density at radius 3 is 2.66 bits per heavy atom. The molecule has 1 aliphatic heterocycles. The topological polar surface area (TPSA) is 43.8 Å². The normalized spacial score (nSPS) is 21.8. The molecule has 0 aromatic heterocycles. The second-order valence-electron chi connectivity index (χ2n) is 8.07. The van der Waals surface area contributed by atoms with Crippen molar-refractivity contribution in [3.05, 3.63) is 63.1 Å². The number of phenols is 1. The number of likely N-dealkylation sites (tertiary alicyclic amines) is 1. The summed E-state index contributed by atoms with van der Waals surface area (Å²) in [4.78, 5) is 17.6. The Kier molecular flexibility index (Phi) is 6.05. The summed E-state index contributed by atoms with van der Waals surface area (Å²) < 4.78 is 0. The highest BCUT2D eigenvalue weighted by Gasteiger charge is 2.39. The predicted molar refractivity (Wildman–Crippen MR) is 117 cm³/mol. The van der Waals surface area contributed by atoms with Gasteiger partial charge in [0.05, 0.1) is 22.5 Å². The molecule has 154 valence electrons. The minimum atomic E-state index is -0.0702. The molecular weight excluding hydrogens is 407 g/mol. The minimum Gasteiger partial charge on any atom is -0.508 e. The molecule has 2 aromatic rings. The van der Waals surface area contributed by atoms with E-state index in [9.17, 15) is 9.90 Å². The van der Waals surface area contributed by atoms with Crippen molar-refractivity contribution >= 4 is 29.1 Å². The molecule has 2 aliphatic rings. The number of benzene rings is 2. The van der Waals surface area contributed by atoms with Gasteiger partial charge in [-0.1, -0.05) is 41.4 Å². The summed E-state index contributed by atoms with van der Waals surface area (Å²) in [6, 6.07) is 11.2. The predicted octanol–water partition coefficient (Wildman–Crippen LogP) is 4.85. The van der Waals surface area contributed by atoms with Crippen LogP contribution in [0.2, 0.25) is 10.0 Å². The third-order valence-corrected chi connectivity index (χ3v) is 7.06. The van der Waals surface area contributed by atoms with E-state index < -0.39 is 0 Å². The summed E-state index contributed by atoms with van der Waals surface area (Å²) in [7, 11) is 1.88. The summed E-state index contributed by atoms with van der Waals surface area (Å²) in [5.74, 6) is 0.367. The molecule has 1 amide bonds. The fourth-order valence-electron chi connectivity index (χ4n) is 4.83. The van der Waals surface area contributed by atoms with Gasteiger partial charge in [-0.05, 0) is 73.7 Å². The van der Waals surface area contributed by atoms with Gasteiger partial charge in [-0.25, -0.2) is 0 Å². The Morgan fingerprint density at radius 1 is 1.17 bits per heavy atom. The van der Waals surface area contributed by atoms with E-state index in [1.807, 2.05) is 24.1 Å². The first-order valence-corrected chi connectivity index (χ1v) is 11.0. The summed E-state index contributed by atoms with van der Waals surface area (Å²) in [5, 5.41) is 11.3. The van der Waals surface area contributed by atoms with Crippen LogP contribution in [0, 0.1) is 0 Å². The molecule has 2 atom stereocenters. The van der Waals surface area contributed by atoms with Crippen LogP contribution < -0.4 is 0 Å². The van der Waals surface area contributed by atoms with Crippen molar-refractivity contribution in [2.75, 3.05) is 20.1 Å². The van der Waals surface area contributed by atoms with E-state index in [2.05, 4.69) is 11.0 Å². The zero-order valence-corrected chi connectivity index (χ0v) is 18.1. The lowest BCUT2D eigenvalue weighted by Gasteiger charge is -2.43. The maximum absolute atomic E-state index is 13.2. The lowest BCUT2D eigenvalue weighted by Crippen LogP contribution is -2.48. The molecular formula is C23H26Cl2N2O2. The molecule has 0 saturated carbocycles. The molecule has 2 aromatic carbocycles. The molecule has 0 unspecified atom stereocenters. The summed E-state index contributed by atoms with van der Waals surface area (Å²) in [5.41, 5.74) is 2.89. The number of carbonyl (C=O) groups excluding carboxylic acids is 1. The number of rotatable bonds is 4. The van der Waals surface area contributed by atoms with E-state index in [-0.39, 0.29) is 24.4 Å². The van der Waals surface area contributed by atoms with Gasteiger partial charge >= 0.3 is 0 Å². The maximum atomic E-state index is 13.2. The molecule has 1 N–H and O–H groups in total. The number of fused-ring (bicyclic) bond motifs is 1. The Morgan fingerprint density at radius 2 is 1.93 bits per heavy atom. The van der Waals surface area contributed by atoms with Crippen LogP contribution in [0.25, 0.3) is 0 Å². The fraction of sp³-hybridized carbons (Fsp3) is 0.435. The zero-order chi connectivity index (χ0) is 20.5. The highest BCUT2D eigenvalue weighted by atomic mass is 35.5. The fourth-order valence-corrected chi connectivity index (χ4v) is 5.15. The highest BCUT2D eigenvalue weighted by molar-refractivity contribution is 6.42. The number of carbonyl (C=O) groups is 1. The molecule has 0 bridgehead atoms. The molecule has 1 heterocycles. The molecule has 4 nitrogen and oxygen atoms in total. The quantitative estimate of drug-likeness (QED) is 0.750. The first kappa shape index (κ1) is 20.5. The Bertz CT molecular complexity index is 912. The van der Waals surface area contributed by atoms with Gasteiger partial charge in [0.15, 0.2) is 0 Å². The number of aromatic hydroxyl groups is 1. The van der Waals surface area contributed by atoms with Gasteiger partial charge in [0.1, 0.15) is 5.75 Å². The van der Waals surface area contributed by atoms with Gasteiger partial charge in [-0.3, -0.25) is 9.69 Å². The van der Waals surface area contributed by atoms with E-state index in [0.717, 1.165) is 42.6 Å². The van der Waals surface area contributed by atoms with Crippen LogP contribution in [0.1, 0.15) is 42.0 Å². The van der Waals surface area contributed by atoms with Crippen molar-refractivity contribution < 1.29 is 9.90 Å². The molecule has 1 aliphatic carbocycles. The van der Waals surface area contributed by atoms with Gasteiger partial charge in [0.2, 0.25) is 5.91 Å². The largest absolute Gasteiger partial charge is 0.508 e. The van der Waals surface area contributed by atoms with E-state index in [1.54, 1.807) is 18.2 Å². The number of hydrogen-bond donors (Lipinski definition) is 1. The van der Waals surface area contributed by atoms with Crippen molar-refractivity contribution in [2.45, 2.75) is 44.2 Å². The number of nitrogens with zero attached hydrogens (tertiary/aromatic N) is 2. The Hall–Kier alpha value is -1.75. The van der Waals surface area contributed by atoms with Crippen LogP contribution in [-0.4, -0.2) is 47.0 Å². The average Bonchev–Trinajstić information content (AvgIpc) is 3.24. The minimum absolute atomic E-state index is 0.0359. The number of halogens is 2. The third kappa shape index (κ3) is 4.11. The highest BCUT2D eigenvalue weighted by Crippen LogP contribution is 2.41. The first-order valence-electron chi connectivity index (χ1n) is 10.2. The second-order valence-corrected chi connectivity index (χ2v) is 8.88. The van der Waals surface area contributed by atoms with Gasteiger partial charge in [0, 0.05) is 13.1 Å². The van der Waals surface area contributed by atoms with Crippen LogP contribution in [0.4, 0.5) is 0 Å². The van der Waals surface area contributed by atoms with Crippen molar-refractivity contribution in [3.8, 4) is 5.75 Å². The average molecular weight is 433 g/mol. The molecule has 0 radical (unpaired) electrons. The molecule has 0 spiro atoms. The SMILES string of the molecule is CN(C(=O)Cc1ccc(Cl)c(Cl)c1)[C@@H]1c2cccc(O)c2CC[C@H]1N1CCCC1. The lowest BCUT2D eigenvalue weighted by molar-refractivity contribution is -0.133. The standard InChI is InChI=1S/C23H26Cl2N2O2/c1-26(22(29)14-15-7-9-18(24)19(25)13-15)23-17-5-4-6-21(28)16(17)8-10-20(23)27-11-2-3-12-27/h4-7,9,13,20,23,28H,2-3,8,10-12,14H2,1H3/t20-,23-/m1/s1. The van der Waals surface area contributed by atoms with Crippen LogP contribution in [-0.2, 0) is 17.6 Å². The van der Waals surface area contributed by atoms with E-state index in [1.165, 1.54) is 12.8 Å². The Balaban J connectivity index is 1.63. The number of phenolic OH excluding ortho intramolecular Hbond substituents is 1. The molecule has 4 rings (SSSR count). The summed E-state index contributed by atoms with van der Waals surface area (Å²) in [6.07, 6.45) is 4.47. The monoisotopic (exact) mass is 432 g/mol. The Labute approximate surface area is 182 Å². The second kappa shape index (κ2) is 8.55. The molecule has 1 fully saturated rings. The van der Waals surface area contributed by atoms with Crippen LogP contribution in [0.3, 0.4) is 0 Å². The number of likely N-dealkylation sites (N-methyl/N-ethyl adjacent to an activating group) is 1. The van der Waals surface area contributed by atoms with E-state index >= 15 is 0 Å². The summed E-state index contributed by atoms with van der Waals surface area (Å²) >= 11 is 12.1. The molecule has 29 heavy (non-hydrogen) atoms. The van der Waals surface area contributed by atoms with Crippen molar-refractivity contribution in [1.29, 1.82) is 0 Å². The van der Waals surface area contributed by atoms with Gasteiger partial charge < -0.3 is 10.0 Å². The molecule has 6 heteroatoms. The molecule has 1 saturated heterocycles. The van der Waals surface area contributed by atoms with Crippen molar-refractivity contribution in [2.24, 2.45) is 0 Å². The first-order chi connectivity index (χ1) is 14.0. The van der Waals surface area contributed by atoms with Gasteiger partial charge in [0.25, 0.3) is 0 Å². The lowest BCUT2D eigenvalue weighted by atomic mass is 9.82. The number of amides is 1. The van der Waals surface area contributed by atoms with Crippen molar-refractivity contribution in [1.82, 2.24) is 9.80 Å². The van der Waals surface area contributed by atoms with Crippen LogP contribution in [0.15, 0.2) is 36.4 Å². The zero-order valence-electron chi connectivity index (χ0n) is 16.6. The van der Waals surface area contributed by atoms with Crippen LogP contribution in [0.5, 0.6) is 5.75 Å². The van der Waals surface area contributed by atoms with E-state index in [4.69, 9.17) is 23.2 Å². The third-order valence-electron chi connectivity index (χ3n) is 6.32. The number of hydrogen-bond acceptors (Lipinski definition) is 3.